The molecule has 2 atom stereocenters. The highest BCUT2D eigenvalue weighted by Gasteiger charge is 2.47. The quantitative estimate of drug-likeness (QED) is 0.701. The molecule has 2 aromatic rings. The van der Waals surface area contributed by atoms with Crippen LogP contribution in [0.2, 0.25) is 0 Å². The normalized spacial score (nSPS) is 21.2. The predicted octanol–water partition coefficient (Wildman–Crippen LogP) is 2.32. The number of rotatable bonds is 4. The number of halogens is 3. The first-order chi connectivity index (χ1) is 15.6. The Balaban J connectivity index is 1.45. The summed E-state index contributed by atoms with van der Waals surface area (Å²) in [6.07, 6.45) is -4.42. The van der Waals surface area contributed by atoms with E-state index >= 15 is 0 Å². The van der Waals surface area contributed by atoms with Crippen LogP contribution >= 0.6 is 0 Å². The van der Waals surface area contributed by atoms with Crippen molar-refractivity contribution in [2.45, 2.75) is 24.9 Å². The van der Waals surface area contributed by atoms with E-state index < -0.39 is 30.1 Å². The lowest BCUT2D eigenvalue weighted by Crippen LogP contribution is -2.70. The molecule has 10 heteroatoms. The van der Waals surface area contributed by atoms with E-state index in [0.29, 0.717) is 6.42 Å². The van der Waals surface area contributed by atoms with E-state index in [-0.39, 0.29) is 37.0 Å². The van der Waals surface area contributed by atoms with Crippen LogP contribution in [0.3, 0.4) is 0 Å². The van der Waals surface area contributed by atoms with Crippen LogP contribution in [0, 0.1) is 0 Å². The first kappa shape index (κ1) is 22.6. The molecule has 2 aliphatic heterocycles. The smallest absolute Gasteiger partial charge is 0.406 e. The highest BCUT2D eigenvalue weighted by atomic mass is 19.4. The van der Waals surface area contributed by atoms with Crippen molar-refractivity contribution in [2.75, 3.05) is 26.7 Å². The van der Waals surface area contributed by atoms with E-state index in [1.165, 1.54) is 26.8 Å². The number of benzene rings is 2. The number of likely N-dealkylation sites (N-methyl/N-ethyl adjacent to an activating group) is 1. The van der Waals surface area contributed by atoms with Crippen LogP contribution in [0.4, 0.5) is 13.2 Å². The number of hydrogen-bond donors (Lipinski definition) is 0. The van der Waals surface area contributed by atoms with Crippen molar-refractivity contribution in [3.63, 3.8) is 0 Å². The number of nitrogens with zero attached hydrogens (tertiary/aromatic N) is 3. The molecule has 0 radical (unpaired) electrons. The van der Waals surface area contributed by atoms with E-state index in [0.717, 1.165) is 17.7 Å². The number of fused-ring (bicyclic) bond motifs is 1. The molecule has 0 unspecified atom stereocenters. The summed E-state index contributed by atoms with van der Waals surface area (Å²) in [5.41, 5.74) is 1.11. The second kappa shape index (κ2) is 8.76. The third kappa shape index (κ3) is 4.79. The van der Waals surface area contributed by atoms with Gasteiger partial charge in [-0.25, -0.2) is 0 Å². The zero-order chi connectivity index (χ0) is 23.8. The van der Waals surface area contributed by atoms with Gasteiger partial charge in [0, 0.05) is 32.1 Å². The molecular weight excluding hydrogens is 439 g/mol. The van der Waals surface area contributed by atoms with Crippen LogP contribution in [-0.4, -0.2) is 77.5 Å². The third-order valence-corrected chi connectivity index (χ3v) is 5.94. The van der Waals surface area contributed by atoms with E-state index in [4.69, 9.17) is 0 Å². The van der Waals surface area contributed by atoms with E-state index in [1.54, 1.807) is 7.05 Å². The van der Waals surface area contributed by atoms with Crippen LogP contribution in [0.15, 0.2) is 54.6 Å². The van der Waals surface area contributed by atoms with Gasteiger partial charge < -0.3 is 19.4 Å². The topological polar surface area (TPSA) is 70.2 Å². The van der Waals surface area contributed by atoms with Crippen molar-refractivity contribution in [3.05, 3.63) is 65.7 Å². The van der Waals surface area contributed by atoms with Crippen molar-refractivity contribution < 1.29 is 32.3 Å². The van der Waals surface area contributed by atoms with Crippen molar-refractivity contribution in [1.29, 1.82) is 0 Å². The van der Waals surface area contributed by atoms with Gasteiger partial charge in [0.2, 0.25) is 11.8 Å². The lowest BCUT2D eigenvalue weighted by Gasteiger charge is -2.48. The maximum Gasteiger partial charge on any atom is 0.573 e. The van der Waals surface area contributed by atoms with Gasteiger partial charge in [-0.1, -0.05) is 30.3 Å². The number of hydrogen-bond acceptors (Lipinski definition) is 4. The summed E-state index contributed by atoms with van der Waals surface area (Å²) in [6.45, 7) is 0.443. The summed E-state index contributed by atoms with van der Waals surface area (Å²) in [5, 5.41) is 0. The second-order valence-electron chi connectivity index (χ2n) is 8.03. The molecule has 2 saturated heterocycles. The average molecular weight is 461 g/mol. The number of alkyl halides is 3. The number of carbonyl (C=O) groups is 3. The molecule has 33 heavy (non-hydrogen) atoms. The van der Waals surface area contributed by atoms with Gasteiger partial charge in [-0.15, -0.1) is 13.2 Å². The van der Waals surface area contributed by atoms with Gasteiger partial charge in [-0.3, -0.25) is 14.4 Å². The summed E-state index contributed by atoms with van der Waals surface area (Å²) >= 11 is 0. The lowest BCUT2D eigenvalue weighted by atomic mass is 9.97. The maximum atomic E-state index is 13.1. The number of amides is 3. The summed E-state index contributed by atoms with van der Waals surface area (Å²) in [6, 6.07) is 12.6. The molecule has 0 saturated carbocycles. The Hall–Kier alpha value is -3.56. The van der Waals surface area contributed by atoms with Crippen LogP contribution in [0.25, 0.3) is 0 Å². The molecule has 0 N–H and O–H groups in total. The van der Waals surface area contributed by atoms with Crippen molar-refractivity contribution in [3.8, 4) is 5.75 Å². The van der Waals surface area contributed by atoms with Crippen molar-refractivity contribution >= 4 is 17.7 Å². The van der Waals surface area contributed by atoms with Crippen molar-refractivity contribution in [1.82, 2.24) is 14.7 Å². The maximum absolute atomic E-state index is 13.1. The first-order valence-corrected chi connectivity index (χ1v) is 10.4. The molecule has 7 nitrogen and oxygen atoms in total. The molecule has 4 rings (SSSR count). The molecule has 174 valence electrons. The van der Waals surface area contributed by atoms with E-state index in [1.807, 2.05) is 30.3 Å². The van der Waals surface area contributed by atoms with Gasteiger partial charge in [0.15, 0.2) is 0 Å². The fraction of sp³-hybridized carbons (Fsp3) is 0.348. The molecule has 2 aliphatic rings. The molecule has 0 spiro atoms. The SMILES string of the molecule is CN1C(=O)[C@H]2CN(C(=O)c3ccc(OC(F)(F)F)cc3)CCN2C(=O)[C@@H]1Cc1ccccc1. The highest BCUT2D eigenvalue weighted by molar-refractivity contribution is 5.99. The Morgan fingerprint density at radius 2 is 1.67 bits per heavy atom. The highest BCUT2D eigenvalue weighted by Crippen LogP contribution is 2.26. The molecule has 2 heterocycles. The average Bonchev–Trinajstić information content (AvgIpc) is 2.80. The van der Waals surface area contributed by atoms with Gasteiger partial charge >= 0.3 is 6.36 Å². The molecule has 0 aromatic heterocycles. The molecule has 0 bridgehead atoms. The Bertz CT molecular complexity index is 1040. The molecular formula is C23H22F3N3O4. The largest absolute Gasteiger partial charge is 0.573 e. The van der Waals surface area contributed by atoms with Gasteiger partial charge in [-0.2, -0.15) is 0 Å². The first-order valence-electron chi connectivity index (χ1n) is 10.4. The van der Waals surface area contributed by atoms with Gasteiger partial charge in [0.05, 0.1) is 6.54 Å². The molecule has 0 aliphatic carbocycles. The van der Waals surface area contributed by atoms with E-state index in [2.05, 4.69) is 4.74 Å². The lowest BCUT2D eigenvalue weighted by molar-refractivity contribution is -0.274. The minimum absolute atomic E-state index is 0.0204. The van der Waals surface area contributed by atoms with Crippen LogP contribution in [-0.2, 0) is 16.0 Å². The van der Waals surface area contributed by atoms with Crippen LogP contribution in [0.1, 0.15) is 15.9 Å². The summed E-state index contributed by atoms with van der Waals surface area (Å²) in [4.78, 5) is 43.5. The molecule has 2 aromatic carbocycles. The number of piperazine rings is 2. The minimum Gasteiger partial charge on any atom is -0.406 e. The van der Waals surface area contributed by atoms with Crippen molar-refractivity contribution in [2.24, 2.45) is 0 Å². The zero-order valence-electron chi connectivity index (χ0n) is 17.8. The monoisotopic (exact) mass is 461 g/mol. The molecule has 3 amide bonds. The number of ether oxygens (including phenoxy) is 1. The Kier molecular flexibility index (Phi) is 6.01. The fourth-order valence-electron chi connectivity index (χ4n) is 4.23. The van der Waals surface area contributed by atoms with Gasteiger partial charge in [0.25, 0.3) is 5.91 Å². The summed E-state index contributed by atoms with van der Waals surface area (Å²) < 4.78 is 40.8. The van der Waals surface area contributed by atoms with Gasteiger partial charge in [0.1, 0.15) is 17.8 Å². The molecule has 2 fully saturated rings. The summed E-state index contributed by atoms with van der Waals surface area (Å²) in [5.74, 6) is -1.26. The zero-order valence-corrected chi connectivity index (χ0v) is 17.8. The fourth-order valence-corrected chi connectivity index (χ4v) is 4.23. The van der Waals surface area contributed by atoms with Crippen LogP contribution < -0.4 is 4.74 Å². The standard InChI is InChI=1S/C23H22F3N3O4/c1-27-18(13-15-5-3-2-4-6-15)22(32)29-12-11-28(14-19(29)21(27)31)20(30)16-7-9-17(10-8-16)33-23(24,25)26/h2-10,18-19H,11-14H2,1H3/t18-,19+/m0/s1. The third-order valence-electron chi connectivity index (χ3n) is 5.94. The number of carbonyl (C=O) groups excluding carboxylic acids is 3. The minimum atomic E-state index is -4.82. The van der Waals surface area contributed by atoms with E-state index in [9.17, 15) is 27.6 Å². The Morgan fingerprint density at radius 3 is 2.30 bits per heavy atom. The Morgan fingerprint density at radius 1 is 1.00 bits per heavy atom. The predicted molar refractivity (Wildman–Crippen MR) is 111 cm³/mol. The van der Waals surface area contributed by atoms with Gasteiger partial charge in [-0.05, 0) is 29.8 Å². The Labute approximate surface area is 188 Å². The van der Waals surface area contributed by atoms with Crippen LogP contribution in [0.5, 0.6) is 5.75 Å². The summed E-state index contributed by atoms with van der Waals surface area (Å²) in [7, 11) is 1.59. The second-order valence-corrected chi connectivity index (χ2v) is 8.03.